The van der Waals surface area contributed by atoms with Gasteiger partial charge in [-0.3, -0.25) is 13.8 Å². The smallest absolute Gasteiger partial charge is 0.265 e. The summed E-state index contributed by atoms with van der Waals surface area (Å²) >= 11 is 6.03. The highest BCUT2D eigenvalue weighted by molar-refractivity contribution is 7.93. The minimum atomic E-state index is -3.86. The Labute approximate surface area is 220 Å². The third-order valence-electron chi connectivity index (χ3n) is 6.01. The van der Waals surface area contributed by atoms with Gasteiger partial charge in [-0.1, -0.05) is 48.0 Å². The molecule has 0 fully saturated rings. The lowest BCUT2D eigenvalue weighted by Crippen LogP contribution is -2.28. The molecule has 0 spiro atoms. The average Bonchev–Trinajstić information content (AvgIpc) is 3.09. The number of carbonyl (C=O) groups excluding carboxylic acids is 1. The normalized spacial score (nSPS) is 14.0. The summed E-state index contributed by atoms with van der Waals surface area (Å²) in [4.78, 5) is 12.8. The third-order valence-corrected chi connectivity index (χ3v) is 9.58. The number of rotatable bonds is 8. The van der Waals surface area contributed by atoms with Crippen molar-refractivity contribution < 1.29 is 21.6 Å². The van der Waals surface area contributed by atoms with Crippen LogP contribution in [0.3, 0.4) is 0 Å². The fourth-order valence-electron chi connectivity index (χ4n) is 4.27. The number of nitrogens with zero attached hydrogens (tertiary/aromatic N) is 1. The molecule has 1 aliphatic rings. The fourth-order valence-corrected chi connectivity index (χ4v) is 7.34. The van der Waals surface area contributed by atoms with Gasteiger partial charge in [0.05, 0.1) is 26.2 Å². The van der Waals surface area contributed by atoms with Gasteiger partial charge in [-0.15, -0.1) is 0 Å². The van der Waals surface area contributed by atoms with Crippen molar-refractivity contribution in [2.45, 2.75) is 22.6 Å². The van der Waals surface area contributed by atoms with E-state index >= 15 is 0 Å². The van der Waals surface area contributed by atoms with Gasteiger partial charge in [-0.25, -0.2) is 16.8 Å². The summed E-state index contributed by atoms with van der Waals surface area (Å²) in [6.07, 6.45) is 0.399. The van der Waals surface area contributed by atoms with E-state index in [1.54, 1.807) is 42.5 Å². The van der Waals surface area contributed by atoms with Crippen molar-refractivity contribution >= 4 is 65.4 Å². The molecule has 2 N–H and O–H groups in total. The Morgan fingerprint density at radius 1 is 0.892 bits per heavy atom. The second kappa shape index (κ2) is 9.70. The summed E-state index contributed by atoms with van der Waals surface area (Å²) in [5, 5.41) is 4.55. The Kier molecular flexibility index (Phi) is 6.57. The number of halogens is 1. The van der Waals surface area contributed by atoms with Gasteiger partial charge < -0.3 is 5.32 Å². The molecule has 0 saturated heterocycles. The van der Waals surface area contributed by atoms with Crippen LogP contribution in [0.25, 0.3) is 10.8 Å². The van der Waals surface area contributed by atoms with Gasteiger partial charge in [0.25, 0.3) is 20.0 Å². The molecule has 1 amide bonds. The molecule has 4 aromatic carbocycles. The standard InChI is InChI=1S/C26H22ClN3O5S2/c27-21-8-1-2-9-22(21)29-36(32,33)20-15-13-19(14-16-20)28-25(31)12-5-17-30-23-10-3-6-18-7-4-11-24(26(18)23)37(30,34)35/h1-4,6-11,13-16,29H,5,12,17H2,(H,28,31). The molecule has 0 bridgehead atoms. The topological polar surface area (TPSA) is 113 Å². The third kappa shape index (κ3) is 4.87. The monoisotopic (exact) mass is 555 g/mol. The molecule has 0 atom stereocenters. The summed E-state index contributed by atoms with van der Waals surface area (Å²) in [6, 6.07) is 22.9. The molecular weight excluding hydrogens is 534 g/mol. The van der Waals surface area contributed by atoms with Gasteiger partial charge in [-0.05, 0) is 60.3 Å². The largest absolute Gasteiger partial charge is 0.326 e. The molecule has 4 aromatic rings. The number of hydrogen-bond donors (Lipinski definition) is 2. The zero-order valence-electron chi connectivity index (χ0n) is 19.4. The van der Waals surface area contributed by atoms with Crippen LogP contribution in [0.2, 0.25) is 5.02 Å². The van der Waals surface area contributed by atoms with Crippen LogP contribution in [-0.2, 0) is 24.8 Å². The summed E-state index contributed by atoms with van der Waals surface area (Å²) in [5.41, 5.74) is 1.31. The first-order valence-corrected chi connectivity index (χ1v) is 14.7. The first-order chi connectivity index (χ1) is 17.7. The Hall–Kier alpha value is -3.60. The van der Waals surface area contributed by atoms with Crippen molar-refractivity contribution in [2.75, 3.05) is 20.9 Å². The highest BCUT2D eigenvalue weighted by Crippen LogP contribution is 2.42. The zero-order valence-corrected chi connectivity index (χ0v) is 21.8. The fraction of sp³-hybridized carbons (Fsp3) is 0.115. The molecule has 8 nitrogen and oxygen atoms in total. The van der Waals surface area contributed by atoms with Crippen molar-refractivity contribution in [3.05, 3.63) is 90.0 Å². The first-order valence-electron chi connectivity index (χ1n) is 11.4. The predicted octanol–water partition coefficient (Wildman–Crippen LogP) is 5.22. The summed E-state index contributed by atoms with van der Waals surface area (Å²) in [6.45, 7) is 0.161. The summed E-state index contributed by atoms with van der Waals surface area (Å²) in [5.74, 6) is -0.308. The van der Waals surface area contributed by atoms with Gasteiger partial charge in [0.2, 0.25) is 5.91 Å². The molecule has 0 aliphatic carbocycles. The van der Waals surface area contributed by atoms with Gasteiger partial charge in [0.15, 0.2) is 0 Å². The highest BCUT2D eigenvalue weighted by atomic mass is 35.5. The minimum absolute atomic E-state index is 0.0124. The predicted molar refractivity (Wildman–Crippen MR) is 145 cm³/mol. The van der Waals surface area contributed by atoms with E-state index < -0.39 is 20.0 Å². The highest BCUT2D eigenvalue weighted by Gasteiger charge is 2.35. The van der Waals surface area contributed by atoms with E-state index in [0.717, 1.165) is 5.39 Å². The molecule has 1 heterocycles. The number of para-hydroxylation sites is 1. The molecule has 0 saturated carbocycles. The van der Waals surface area contributed by atoms with Crippen LogP contribution in [-0.4, -0.2) is 29.3 Å². The molecule has 0 aromatic heterocycles. The van der Waals surface area contributed by atoms with E-state index in [2.05, 4.69) is 10.0 Å². The molecule has 1 aliphatic heterocycles. The maximum atomic E-state index is 13.0. The molecule has 190 valence electrons. The average molecular weight is 556 g/mol. The van der Waals surface area contributed by atoms with E-state index in [-0.39, 0.29) is 39.4 Å². The van der Waals surface area contributed by atoms with Crippen LogP contribution in [0.4, 0.5) is 17.1 Å². The number of amides is 1. The maximum Gasteiger partial charge on any atom is 0.265 e. The molecule has 37 heavy (non-hydrogen) atoms. The van der Waals surface area contributed by atoms with Crippen LogP contribution in [0, 0.1) is 0 Å². The first kappa shape index (κ1) is 25.1. The van der Waals surface area contributed by atoms with Crippen LogP contribution in [0.5, 0.6) is 0 Å². The van der Waals surface area contributed by atoms with E-state index in [9.17, 15) is 21.6 Å². The van der Waals surface area contributed by atoms with E-state index in [0.29, 0.717) is 23.2 Å². The lowest BCUT2D eigenvalue weighted by atomic mass is 10.1. The molecular formula is C26H22ClN3O5S2. The number of hydrogen-bond acceptors (Lipinski definition) is 5. The van der Waals surface area contributed by atoms with Crippen molar-refractivity contribution in [2.24, 2.45) is 0 Å². The van der Waals surface area contributed by atoms with E-state index in [1.807, 2.05) is 18.2 Å². The lowest BCUT2D eigenvalue weighted by Gasteiger charge is -2.18. The second-order valence-electron chi connectivity index (χ2n) is 8.47. The van der Waals surface area contributed by atoms with Crippen molar-refractivity contribution in [1.82, 2.24) is 0 Å². The summed E-state index contributed by atoms with van der Waals surface area (Å²) in [7, 11) is -7.53. The Morgan fingerprint density at radius 3 is 2.32 bits per heavy atom. The zero-order chi connectivity index (χ0) is 26.2. The number of carbonyl (C=O) groups is 1. The van der Waals surface area contributed by atoms with Crippen LogP contribution in [0.1, 0.15) is 12.8 Å². The quantitative estimate of drug-likeness (QED) is 0.309. The number of anilines is 3. The molecule has 0 unspecified atom stereocenters. The lowest BCUT2D eigenvalue weighted by molar-refractivity contribution is -0.116. The summed E-state index contributed by atoms with van der Waals surface area (Å²) < 4.78 is 55.2. The Morgan fingerprint density at radius 2 is 1.59 bits per heavy atom. The Bertz CT molecular complexity index is 1720. The number of sulfonamides is 2. The van der Waals surface area contributed by atoms with Crippen molar-refractivity contribution in [3.63, 3.8) is 0 Å². The van der Waals surface area contributed by atoms with Crippen LogP contribution >= 0.6 is 11.6 Å². The Balaban J connectivity index is 1.19. The van der Waals surface area contributed by atoms with Gasteiger partial charge in [0, 0.05) is 24.0 Å². The molecule has 11 heteroatoms. The van der Waals surface area contributed by atoms with Gasteiger partial charge in [-0.2, -0.15) is 0 Å². The maximum absolute atomic E-state index is 13.0. The van der Waals surface area contributed by atoms with E-state index in [1.165, 1.54) is 28.6 Å². The molecule has 5 rings (SSSR count). The number of nitrogens with one attached hydrogen (secondary N) is 2. The van der Waals surface area contributed by atoms with Crippen molar-refractivity contribution in [1.29, 1.82) is 0 Å². The van der Waals surface area contributed by atoms with Gasteiger partial charge in [0.1, 0.15) is 0 Å². The van der Waals surface area contributed by atoms with E-state index in [4.69, 9.17) is 11.6 Å². The number of benzene rings is 4. The minimum Gasteiger partial charge on any atom is -0.326 e. The van der Waals surface area contributed by atoms with Gasteiger partial charge >= 0.3 is 0 Å². The SMILES string of the molecule is O=C(CCCN1c2cccc3cccc(c23)S1(=O)=O)Nc1ccc(S(=O)(=O)Nc2ccccc2Cl)cc1. The molecule has 0 radical (unpaired) electrons. The van der Waals surface area contributed by atoms with Crippen molar-refractivity contribution in [3.8, 4) is 0 Å². The second-order valence-corrected chi connectivity index (χ2v) is 12.4. The van der Waals surface area contributed by atoms with Crippen LogP contribution < -0.4 is 14.3 Å². The van der Waals surface area contributed by atoms with Crippen LogP contribution in [0.15, 0.2) is 94.7 Å².